The molecule has 0 spiro atoms. The Balaban J connectivity index is 2.66. The largest absolute Gasteiger partial charge is 0.394 e. The normalized spacial score (nSPS) is 10.8. The fourth-order valence-electron chi connectivity index (χ4n) is 1.51. The highest BCUT2D eigenvalue weighted by Gasteiger charge is 2.08. The Bertz CT molecular complexity index is 550. The lowest BCUT2D eigenvalue weighted by Crippen LogP contribution is -2.34. The molecule has 0 aliphatic rings. The summed E-state index contributed by atoms with van der Waals surface area (Å²) in [6.07, 6.45) is 1.94. The van der Waals surface area contributed by atoms with Crippen LogP contribution in [0.5, 0.6) is 0 Å². The summed E-state index contributed by atoms with van der Waals surface area (Å²) in [5, 5.41) is 20.0. The second-order valence-corrected chi connectivity index (χ2v) is 4.45. The van der Waals surface area contributed by atoms with Crippen LogP contribution in [-0.2, 0) is 0 Å². The van der Waals surface area contributed by atoms with Crippen LogP contribution in [0, 0.1) is 23.2 Å². The molecule has 0 fully saturated rings. The van der Waals surface area contributed by atoms with Gasteiger partial charge in [0.05, 0.1) is 12.7 Å². The van der Waals surface area contributed by atoms with Gasteiger partial charge in [-0.15, -0.1) is 0 Å². The maximum absolute atomic E-state index is 11.9. The lowest BCUT2D eigenvalue weighted by molar-refractivity contribution is 0.0922. The number of aliphatic hydroxyl groups is 1. The third kappa shape index (κ3) is 5.56. The maximum atomic E-state index is 11.9. The average Bonchev–Trinajstić information content (AvgIpc) is 2.47. The summed E-state index contributed by atoms with van der Waals surface area (Å²) < 4.78 is 0. The minimum absolute atomic E-state index is 0.0931. The summed E-state index contributed by atoms with van der Waals surface area (Å²) in [5.41, 5.74) is 1.29. The highest BCUT2D eigenvalue weighted by atomic mass is 16.3. The minimum Gasteiger partial charge on any atom is -0.394 e. The minimum atomic E-state index is -0.275. The molecule has 1 aromatic carbocycles. The predicted octanol–water partition coefficient (Wildman–Crippen LogP) is 1.84. The van der Waals surface area contributed by atoms with Gasteiger partial charge in [-0.25, -0.2) is 0 Å². The number of nitriles is 1. The first kappa shape index (κ1) is 15.8. The zero-order valence-electron chi connectivity index (χ0n) is 11.5. The summed E-state index contributed by atoms with van der Waals surface area (Å²) in [5.74, 6) is 5.74. The molecule has 0 saturated heterocycles. The number of aliphatic hydroxyl groups excluding tert-OH is 1. The van der Waals surface area contributed by atoms with Crippen molar-refractivity contribution in [2.24, 2.45) is 0 Å². The van der Waals surface area contributed by atoms with Crippen molar-refractivity contribution in [2.75, 3.05) is 6.61 Å². The Morgan fingerprint density at radius 3 is 2.95 bits per heavy atom. The van der Waals surface area contributed by atoms with Crippen LogP contribution >= 0.6 is 0 Å². The van der Waals surface area contributed by atoms with E-state index in [2.05, 4.69) is 23.2 Å². The van der Waals surface area contributed by atoms with Gasteiger partial charge in [-0.3, -0.25) is 4.79 Å². The third-order valence-electron chi connectivity index (χ3n) is 2.60. The van der Waals surface area contributed by atoms with E-state index in [1.165, 1.54) is 0 Å². The molecule has 2 N–H and O–H groups in total. The van der Waals surface area contributed by atoms with E-state index < -0.39 is 0 Å². The van der Waals surface area contributed by atoms with Gasteiger partial charge in [-0.05, 0) is 31.5 Å². The quantitative estimate of drug-likeness (QED) is 0.633. The molecule has 0 radical (unpaired) electrons. The first-order chi connectivity index (χ1) is 9.67. The molecule has 0 aliphatic carbocycles. The highest BCUT2D eigenvalue weighted by molar-refractivity contribution is 5.94. The van der Waals surface area contributed by atoms with E-state index in [1.54, 1.807) is 25.1 Å². The Morgan fingerprint density at radius 1 is 1.45 bits per heavy atom. The van der Waals surface area contributed by atoms with Crippen molar-refractivity contribution >= 4 is 5.91 Å². The summed E-state index contributed by atoms with van der Waals surface area (Å²) >= 11 is 0. The lowest BCUT2D eigenvalue weighted by Gasteiger charge is -2.10. The smallest absolute Gasteiger partial charge is 0.251 e. The summed E-state index contributed by atoms with van der Waals surface area (Å²) in [6, 6.07) is 8.84. The van der Waals surface area contributed by atoms with Crippen molar-refractivity contribution in [3.05, 3.63) is 35.4 Å². The Hall–Kier alpha value is -2.30. The van der Waals surface area contributed by atoms with E-state index in [0.717, 1.165) is 12.0 Å². The third-order valence-corrected chi connectivity index (χ3v) is 2.60. The monoisotopic (exact) mass is 270 g/mol. The molecule has 1 amide bonds. The number of unbranched alkanes of at least 4 members (excludes halogenated alkanes) is 2. The number of carbonyl (C=O) groups is 1. The van der Waals surface area contributed by atoms with Gasteiger partial charge in [0, 0.05) is 30.0 Å². The number of amides is 1. The molecule has 1 aromatic rings. The van der Waals surface area contributed by atoms with E-state index >= 15 is 0 Å². The standard InChI is InChI=1S/C16H18N2O2/c1-13(12-19)18-16(20)15-9-6-8-14(11-15)7-4-2-3-5-10-17/h6,8-9,11,13,19H,2-3,5,12H2,1H3,(H,18,20). The van der Waals surface area contributed by atoms with Crippen molar-refractivity contribution in [3.63, 3.8) is 0 Å². The van der Waals surface area contributed by atoms with Crippen LogP contribution in [0.2, 0.25) is 0 Å². The van der Waals surface area contributed by atoms with Crippen LogP contribution in [0.4, 0.5) is 0 Å². The summed E-state index contributed by atoms with van der Waals surface area (Å²) in [6.45, 7) is 1.64. The maximum Gasteiger partial charge on any atom is 0.251 e. The predicted molar refractivity (Wildman–Crippen MR) is 76.8 cm³/mol. The molecule has 104 valence electrons. The molecule has 1 atom stereocenters. The molecule has 1 rings (SSSR count). The van der Waals surface area contributed by atoms with E-state index in [1.807, 2.05) is 6.07 Å². The molecule has 4 heteroatoms. The summed E-state index contributed by atoms with van der Waals surface area (Å²) in [7, 11) is 0. The van der Waals surface area contributed by atoms with Gasteiger partial charge in [-0.1, -0.05) is 17.9 Å². The van der Waals surface area contributed by atoms with E-state index in [4.69, 9.17) is 10.4 Å². The van der Waals surface area contributed by atoms with Gasteiger partial charge in [0.15, 0.2) is 0 Å². The van der Waals surface area contributed by atoms with Crippen molar-refractivity contribution < 1.29 is 9.90 Å². The second kappa shape index (κ2) is 8.74. The number of rotatable bonds is 5. The van der Waals surface area contributed by atoms with Crippen molar-refractivity contribution in [3.8, 4) is 17.9 Å². The van der Waals surface area contributed by atoms with Crippen LogP contribution in [0.25, 0.3) is 0 Å². The molecule has 0 bridgehead atoms. The molecular formula is C16H18N2O2. The van der Waals surface area contributed by atoms with Crippen molar-refractivity contribution in [1.82, 2.24) is 5.32 Å². The van der Waals surface area contributed by atoms with E-state index in [9.17, 15) is 4.79 Å². The highest BCUT2D eigenvalue weighted by Crippen LogP contribution is 2.05. The fourth-order valence-corrected chi connectivity index (χ4v) is 1.51. The SMILES string of the molecule is CC(CO)NC(=O)c1cccc(C#CCCCC#N)c1. The zero-order chi connectivity index (χ0) is 14.8. The molecule has 4 nitrogen and oxygen atoms in total. The Morgan fingerprint density at radius 2 is 2.25 bits per heavy atom. The van der Waals surface area contributed by atoms with Gasteiger partial charge in [0.25, 0.3) is 5.91 Å². The summed E-state index contributed by atoms with van der Waals surface area (Å²) in [4.78, 5) is 11.9. The molecular weight excluding hydrogens is 252 g/mol. The van der Waals surface area contributed by atoms with Crippen LogP contribution in [0.3, 0.4) is 0 Å². The van der Waals surface area contributed by atoms with Gasteiger partial charge < -0.3 is 10.4 Å². The van der Waals surface area contributed by atoms with Crippen LogP contribution < -0.4 is 5.32 Å². The van der Waals surface area contributed by atoms with Gasteiger partial charge in [0.1, 0.15) is 0 Å². The molecule has 0 saturated carbocycles. The molecule has 0 aromatic heterocycles. The fraction of sp³-hybridized carbons (Fsp3) is 0.375. The van der Waals surface area contributed by atoms with Gasteiger partial charge in [-0.2, -0.15) is 5.26 Å². The van der Waals surface area contributed by atoms with E-state index in [-0.39, 0.29) is 18.6 Å². The lowest BCUT2D eigenvalue weighted by atomic mass is 10.1. The zero-order valence-corrected chi connectivity index (χ0v) is 11.5. The molecule has 1 unspecified atom stereocenters. The molecule has 0 aliphatic heterocycles. The molecule has 20 heavy (non-hydrogen) atoms. The van der Waals surface area contributed by atoms with Crippen LogP contribution in [-0.4, -0.2) is 23.7 Å². The number of carbonyl (C=O) groups excluding carboxylic acids is 1. The first-order valence-electron chi connectivity index (χ1n) is 6.55. The number of hydrogen-bond donors (Lipinski definition) is 2. The Kier molecular flexibility index (Phi) is 6.89. The number of nitrogens with one attached hydrogen (secondary N) is 1. The van der Waals surface area contributed by atoms with Gasteiger partial charge >= 0.3 is 0 Å². The van der Waals surface area contributed by atoms with Crippen molar-refractivity contribution in [1.29, 1.82) is 5.26 Å². The number of nitrogens with zero attached hydrogens (tertiary/aromatic N) is 1. The van der Waals surface area contributed by atoms with E-state index in [0.29, 0.717) is 18.4 Å². The number of hydrogen-bond acceptors (Lipinski definition) is 3. The van der Waals surface area contributed by atoms with Crippen molar-refractivity contribution in [2.45, 2.75) is 32.2 Å². The topological polar surface area (TPSA) is 73.1 Å². The Labute approximate surface area is 119 Å². The van der Waals surface area contributed by atoms with Crippen LogP contribution in [0.15, 0.2) is 24.3 Å². The average molecular weight is 270 g/mol. The van der Waals surface area contributed by atoms with Gasteiger partial charge in [0.2, 0.25) is 0 Å². The molecule has 0 heterocycles. The second-order valence-electron chi connectivity index (χ2n) is 4.45. The van der Waals surface area contributed by atoms with Crippen LogP contribution in [0.1, 0.15) is 42.1 Å². The number of benzene rings is 1. The first-order valence-corrected chi connectivity index (χ1v) is 6.55.